The summed E-state index contributed by atoms with van der Waals surface area (Å²) in [6, 6.07) is 14.0. The summed E-state index contributed by atoms with van der Waals surface area (Å²) in [5, 5.41) is 7.41. The fourth-order valence-corrected chi connectivity index (χ4v) is 6.11. The summed E-state index contributed by atoms with van der Waals surface area (Å²) in [5.41, 5.74) is 4.82. The maximum Gasteiger partial charge on any atom is 0.272 e. The highest BCUT2D eigenvalue weighted by Crippen LogP contribution is 2.44. The molecule has 0 unspecified atom stereocenters. The van der Waals surface area contributed by atoms with E-state index in [-0.39, 0.29) is 11.3 Å². The van der Waals surface area contributed by atoms with Crippen molar-refractivity contribution in [2.24, 2.45) is 5.92 Å². The van der Waals surface area contributed by atoms with Crippen LogP contribution in [-0.2, 0) is 12.0 Å². The summed E-state index contributed by atoms with van der Waals surface area (Å²) < 4.78 is 2.11. The van der Waals surface area contributed by atoms with Gasteiger partial charge in [-0.3, -0.25) is 19.2 Å². The van der Waals surface area contributed by atoms with Crippen LogP contribution in [0.4, 0.5) is 5.69 Å². The number of hydrogen-bond acceptors (Lipinski definition) is 5. The molecule has 6 nitrogen and oxygen atoms in total. The van der Waals surface area contributed by atoms with Crippen molar-refractivity contribution < 1.29 is 4.79 Å². The van der Waals surface area contributed by atoms with Crippen molar-refractivity contribution in [1.82, 2.24) is 19.4 Å². The van der Waals surface area contributed by atoms with Crippen molar-refractivity contribution in [2.45, 2.75) is 45.6 Å². The number of thiophene rings is 1. The van der Waals surface area contributed by atoms with E-state index in [2.05, 4.69) is 69.5 Å². The molecule has 0 aliphatic carbocycles. The topological polar surface area (TPSA) is 63.1 Å². The lowest BCUT2D eigenvalue weighted by molar-refractivity contribution is 0.101. The highest BCUT2D eigenvalue weighted by atomic mass is 32.1. The van der Waals surface area contributed by atoms with Crippen LogP contribution in [0, 0.1) is 12.8 Å². The summed E-state index contributed by atoms with van der Waals surface area (Å²) in [6.45, 7) is 9.73. The van der Waals surface area contributed by atoms with Crippen LogP contribution in [0.2, 0.25) is 0 Å². The molecule has 7 heteroatoms. The minimum absolute atomic E-state index is 0.0536. The predicted molar refractivity (Wildman–Crippen MR) is 146 cm³/mol. The van der Waals surface area contributed by atoms with Crippen molar-refractivity contribution in [3.8, 4) is 5.82 Å². The second-order valence-corrected chi connectivity index (χ2v) is 10.8. The number of anilines is 1. The van der Waals surface area contributed by atoms with Crippen molar-refractivity contribution in [3.05, 3.63) is 94.3 Å². The van der Waals surface area contributed by atoms with Crippen LogP contribution in [0.15, 0.2) is 71.8 Å². The van der Waals surface area contributed by atoms with Gasteiger partial charge >= 0.3 is 0 Å². The van der Waals surface area contributed by atoms with E-state index in [4.69, 9.17) is 4.98 Å². The van der Waals surface area contributed by atoms with Gasteiger partial charge in [-0.15, -0.1) is 0 Å². The van der Waals surface area contributed by atoms with E-state index in [1.807, 2.05) is 24.3 Å². The van der Waals surface area contributed by atoms with Crippen LogP contribution in [0.3, 0.4) is 0 Å². The molecule has 5 heterocycles. The first-order valence-corrected chi connectivity index (χ1v) is 13.5. The van der Waals surface area contributed by atoms with Gasteiger partial charge in [0.05, 0.1) is 11.9 Å². The number of hydrogen-bond donors (Lipinski definition) is 1. The number of nitrogens with zero attached hydrogens (tertiary/aromatic N) is 4. The van der Waals surface area contributed by atoms with Gasteiger partial charge in [0.25, 0.3) is 5.91 Å². The standard InChI is InChI=1S/C29H33N5OS/c1-21(2)29(11-15-33(16-12-29)19-23-10-17-36-20-23)26-9-8-25(28(35)32-24-7-5-13-30-18-24)34(26)27-22(3)6-4-14-31-27/h4-10,13-14,17-18,20-21H,11-12,15-16,19H2,1-3H3,(H,32,35). The first-order valence-electron chi connectivity index (χ1n) is 12.6. The average Bonchev–Trinajstić information content (AvgIpc) is 3.56. The zero-order valence-corrected chi connectivity index (χ0v) is 22.0. The first kappa shape index (κ1) is 24.4. The van der Waals surface area contributed by atoms with E-state index in [0.717, 1.165) is 43.9 Å². The Labute approximate surface area is 217 Å². The lowest BCUT2D eigenvalue weighted by Gasteiger charge is -2.45. The number of carbonyl (C=O) groups excluding carboxylic acids is 1. The van der Waals surface area contributed by atoms with Crippen LogP contribution < -0.4 is 5.32 Å². The zero-order chi connectivity index (χ0) is 25.1. The maximum absolute atomic E-state index is 13.5. The number of aromatic nitrogens is 3. The molecule has 0 spiro atoms. The van der Waals surface area contributed by atoms with Crippen LogP contribution in [0.5, 0.6) is 0 Å². The molecule has 186 valence electrons. The molecule has 1 N–H and O–H groups in total. The molecule has 0 bridgehead atoms. The van der Waals surface area contributed by atoms with Gasteiger partial charge in [0, 0.05) is 30.0 Å². The lowest BCUT2D eigenvalue weighted by atomic mass is 9.67. The van der Waals surface area contributed by atoms with Crippen LogP contribution in [0.25, 0.3) is 5.82 Å². The second-order valence-electron chi connectivity index (χ2n) is 10.00. The molecule has 1 aliphatic rings. The van der Waals surface area contributed by atoms with Crippen molar-refractivity contribution in [2.75, 3.05) is 18.4 Å². The fraction of sp³-hybridized carbons (Fsp3) is 0.345. The Morgan fingerprint density at radius 3 is 2.58 bits per heavy atom. The number of aryl methyl sites for hydroxylation is 1. The van der Waals surface area contributed by atoms with E-state index in [9.17, 15) is 4.79 Å². The Hall–Kier alpha value is -3.29. The van der Waals surface area contributed by atoms with Gasteiger partial charge < -0.3 is 5.32 Å². The van der Waals surface area contributed by atoms with Crippen molar-refractivity contribution in [3.63, 3.8) is 0 Å². The molecular formula is C29H33N5OS. The number of nitrogens with one attached hydrogen (secondary N) is 1. The van der Waals surface area contributed by atoms with Gasteiger partial charge in [-0.2, -0.15) is 11.3 Å². The summed E-state index contributed by atoms with van der Waals surface area (Å²) in [4.78, 5) is 25.0. The van der Waals surface area contributed by atoms with Gasteiger partial charge in [-0.1, -0.05) is 19.9 Å². The Bertz CT molecular complexity index is 1300. The molecule has 1 amide bonds. The quantitative estimate of drug-likeness (QED) is 0.335. The molecule has 4 aromatic heterocycles. The molecule has 0 aromatic carbocycles. The van der Waals surface area contributed by atoms with E-state index < -0.39 is 0 Å². The third-order valence-corrected chi connectivity index (χ3v) is 8.31. The summed E-state index contributed by atoms with van der Waals surface area (Å²) in [7, 11) is 0. The molecule has 0 radical (unpaired) electrons. The Kier molecular flexibility index (Phi) is 7.03. The number of amides is 1. The first-order chi connectivity index (χ1) is 17.5. The van der Waals surface area contributed by atoms with Crippen LogP contribution in [-0.4, -0.2) is 38.4 Å². The van der Waals surface area contributed by atoms with Crippen LogP contribution >= 0.6 is 11.3 Å². The molecule has 1 saturated heterocycles. The number of likely N-dealkylation sites (tertiary alicyclic amines) is 1. The van der Waals surface area contributed by atoms with E-state index in [1.54, 1.807) is 29.9 Å². The Morgan fingerprint density at radius 2 is 1.92 bits per heavy atom. The van der Waals surface area contributed by atoms with Crippen molar-refractivity contribution in [1.29, 1.82) is 0 Å². The molecule has 1 fully saturated rings. The van der Waals surface area contributed by atoms with Crippen molar-refractivity contribution >= 4 is 22.9 Å². The Morgan fingerprint density at radius 1 is 1.11 bits per heavy atom. The van der Waals surface area contributed by atoms with Gasteiger partial charge in [0.1, 0.15) is 11.5 Å². The average molecular weight is 500 g/mol. The molecule has 36 heavy (non-hydrogen) atoms. The largest absolute Gasteiger partial charge is 0.319 e. The summed E-state index contributed by atoms with van der Waals surface area (Å²) in [6.07, 6.45) is 7.24. The minimum atomic E-state index is -0.159. The SMILES string of the molecule is Cc1cccnc1-n1c(C(=O)Nc2cccnc2)ccc1C1(C(C)C)CCN(Cc2ccsc2)CC1. The molecule has 1 aliphatic heterocycles. The predicted octanol–water partition coefficient (Wildman–Crippen LogP) is 6.08. The normalized spacial score (nSPS) is 15.8. The number of pyridine rings is 2. The third kappa shape index (κ3) is 4.73. The second kappa shape index (κ2) is 10.4. The highest BCUT2D eigenvalue weighted by molar-refractivity contribution is 7.07. The van der Waals surface area contributed by atoms with E-state index in [1.165, 1.54) is 11.3 Å². The lowest BCUT2D eigenvalue weighted by Crippen LogP contribution is -2.46. The zero-order valence-electron chi connectivity index (χ0n) is 21.1. The van der Waals surface area contributed by atoms with Gasteiger partial charge in [0.2, 0.25) is 0 Å². The number of carbonyl (C=O) groups is 1. The molecule has 4 aromatic rings. The minimum Gasteiger partial charge on any atom is -0.319 e. The highest BCUT2D eigenvalue weighted by Gasteiger charge is 2.42. The molecule has 0 saturated carbocycles. The molecule has 5 rings (SSSR count). The van der Waals surface area contributed by atoms with E-state index >= 15 is 0 Å². The smallest absolute Gasteiger partial charge is 0.272 e. The Balaban J connectivity index is 1.52. The molecular weight excluding hydrogens is 466 g/mol. The third-order valence-electron chi connectivity index (χ3n) is 7.58. The van der Waals surface area contributed by atoms with Crippen LogP contribution in [0.1, 0.15) is 54.0 Å². The van der Waals surface area contributed by atoms with Gasteiger partial charge in [0.15, 0.2) is 0 Å². The number of piperidine rings is 1. The van der Waals surface area contributed by atoms with Gasteiger partial charge in [-0.05, 0) is 97.1 Å². The van der Waals surface area contributed by atoms with Gasteiger partial charge in [-0.25, -0.2) is 4.98 Å². The molecule has 0 atom stereocenters. The number of rotatable bonds is 7. The monoisotopic (exact) mass is 499 g/mol. The summed E-state index contributed by atoms with van der Waals surface area (Å²) in [5.74, 6) is 1.07. The maximum atomic E-state index is 13.5. The van der Waals surface area contributed by atoms with E-state index in [0.29, 0.717) is 17.3 Å². The summed E-state index contributed by atoms with van der Waals surface area (Å²) >= 11 is 1.76. The fourth-order valence-electron chi connectivity index (χ4n) is 5.45.